The molecule has 0 unspecified atom stereocenters. The largest absolute Gasteiger partial charge is 0.461 e. The summed E-state index contributed by atoms with van der Waals surface area (Å²) in [5.74, 6) is 4.36. The van der Waals surface area contributed by atoms with E-state index >= 15 is 0 Å². The summed E-state index contributed by atoms with van der Waals surface area (Å²) >= 11 is 0. The zero-order valence-electron chi connectivity index (χ0n) is 72.6. The number of hydrogen-bond donors (Lipinski definition) is 0. The molecular formula is C97H147NO10S. The molecule has 4 bridgehead atoms. The first kappa shape index (κ1) is 84.2. The summed E-state index contributed by atoms with van der Waals surface area (Å²) < 4.78 is 70.2. The third-order valence-corrected chi connectivity index (χ3v) is 37.6. The number of hydrogen-bond acceptors (Lipinski definition) is 10. The molecule has 0 N–H and O–H groups in total. The fraction of sp³-hybridized carbons (Fsp3) is 0.753. The van der Waals surface area contributed by atoms with Crippen LogP contribution in [0.2, 0.25) is 0 Å². The summed E-state index contributed by atoms with van der Waals surface area (Å²) in [5, 5.41) is 0. The van der Waals surface area contributed by atoms with Crippen molar-refractivity contribution in [1.29, 1.82) is 0 Å². The van der Waals surface area contributed by atoms with Gasteiger partial charge in [-0.3, -0.25) is 9.59 Å². The Bertz CT molecular complexity index is 3920. The minimum absolute atomic E-state index is 0.00193. The first-order chi connectivity index (χ1) is 50.9. The van der Waals surface area contributed by atoms with Crippen LogP contribution in [-0.4, -0.2) is 89.1 Å². The van der Waals surface area contributed by atoms with Gasteiger partial charge in [0.1, 0.15) is 13.2 Å². The van der Waals surface area contributed by atoms with E-state index in [1.54, 1.807) is 34.6 Å². The number of nitrogens with zero attached hydrogens (tertiary/aromatic N) is 1. The molecule has 13 rings (SSSR count). The molecule has 23 atom stereocenters. The van der Waals surface area contributed by atoms with Crippen LogP contribution in [0.25, 0.3) is 0 Å². The SMILES string of the molecule is CC(C)[C@@H](C)[C@@]1(C)CC[C@]2(C)[C@H]3CC[C@@H]4[C@@]5(COC[C@]4(C)[C@@H](OCC(C)(C)C(C)C)[C@H](C)C5)C3=CC[C@@]2(C)[C@@H]1C(=O)OCc1ccccc1.Cc1ccc(S(=O)(=O)N(C)[C@](C)(CO[C@H]2[C@H](C)C[C@@]34COC[C@@]2(C)[C@@H]3CC[C@H]2C4=CC[C@@]3(C)[C@H](C(=O)OCc4ccccc4)[C@@](C)([C@H](C)C(C)C)CC[C@]23C)C(C)C)cc1. The average molecular weight is 1520 g/mol. The van der Waals surface area contributed by atoms with E-state index < -0.39 is 15.6 Å². The van der Waals surface area contributed by atoms with Crippen molar-refractivity contribution in [2.45, 2.75) is 279 Å². The number of esters is 2. The molecular weight excluding hydrogens is 1370 g/mol. The van der Waals surface area contributed by atoms with Gasteiger partial charge in [-0.1, -0.05) is 254 Å². The van der Waals surface area contributed by atoms with Crippen LogP contribution in [0.15, 0.2) is 113 Å². The molecule has 12 heteroatoms. The maximum atomic E-state index is 14.8. The topological polar surface area (TPSA) is 127 Å². The molecule has 2 aliphatic heterocycles. The molecule has 8 fully saturated rings. The van der Waals surface area contributed by atoms with Crippen molar-refractivity contribution >= 4 is 22.0 Å². The molecule has 0 aromatic heterocycles. The number of benzene rings is 3. The van der Waals surface area contributed by atoms with Gasteiger partial charge in [-0.25, -0.2) is 8.42 Å². The van der Waals surface area contributed by atoms with Gasteiger partial charge in [0.25, 0.3) is 0 Å². The number of aryl methyl sites for hydroxylation is 1. The van der Waals surface area contributed by atoms with Gasteiger partial charge in [-0.05, 0) is 223 Å². The second-order valence-electron chi connectivity index (χ2n) is 42.5. The number of sulfonamides is 1. The van der Waals surface area contributed by atoms with Gasteiger partial charge in [0.2, 0.25) is 10.0 Å². The summed E-state index contributed by atoms with van der Waals surface area (Å²) in [4.78, 5) is 29.8. The molecule has 0 spiro atoms. The lowest BCUT2D eigenvalue weighted by molar-refractivity contribution is -0.255. The molecule has 2 saturated heterocycles. The van der Waals surface area contributed by atoms with Crippen LogP contribution < -0.4 is 0 Å². The smallest absolute Gasteiger partial charge is 0.310 e. The summed E-state index contributed by atoms with van der Waals surface area (Å²) in [6.45, 7) is 60.9. The molecule has 2 heterocycles. The lowest BCUT2D eigenvalue weighted by Gasteiger charge is -2.71. The predicted molar refractivity (Wildman–Crippen MR) is 440 cm³/mol. The summed E-state index contributed by atoms with van der Waals surface area (Å²) in [5.41, 5.74) is 4.62. The summed E-state index contributed by atoms with van der Waals surface area (Å²) in [7, 11) is -2.04. The van der Waals surface area contributed by atoms with E-state index in [4.69, 9.17) is 28.4 Å². The maximum absolute atomic E-state index is 14.8. The monoisotopic (exact) mass is 1520 g/mol. The molecule has 0 amide bonds. The van der Waals surface area contributed by atoms with Crippen molar-refractivity contribution in [3.8, 4) is 0 Å². The predicted octanol–water partition coefficient (Wildman–Crippen LogP) is 22.2. The molecule has 0 radical (unpaired) electrons. The first-order valence-corrected chi connectivity index (χ1v) is 44.6. The molecule has 6 saturated carbocycles. The van der Waals surface area contributed by atoms with Crippen molar-refractivity contribution < 1.29 is 46.4 Å². The Morgan fingerprint density at radius 2 is 0.917 bits per heavy atom. The standard InChI is InChI=1S/C52H77NO6S.C45H70O4/c1-34(2)38(7)47(8)27-28-49(10)41-23-24-43-48(9)31-57-33-52(43,42(41)25-26-50(49,11)44(47)46(54)58-30-39-17-15-14-16-18-39)29-37(6)45(48)59-32-51(12,35(3)4)53(13)60(55,56)40-21-19-36(5)20-22-40;1-29(2)32(6)41(9)22-23-43(11)34-18-19-36-42(10)27-47-28-45(36,24-31(5)38(42)49-26-40(7,8)30(3)4)35(34)20-21-44(43,12)37(41)39(46)48-25-33-16-14-13-15-17-33/h14-22,25,34-35,37-38,41,43-45H,23-24,26-33H2,1-13H3;13-17,20,29-32,34,36-38H,18-19,21-28H2,1-12H3/t37-,38-,41+,43+,44-,45+,47-,48+,49-,50+,51-,52+;31-,32-,34+,36+,37-,38+,41-,42+,43-,44+,45+/m11/s1. The molecule has 11 nitrogen and oxygen atoms in total. The Kier molecular flexibility index (Phi) is 23.3. The Morgan fingerprint density at radius 1 is 0.523 bits per heavy atom. The highest BCUT2D eigenvalue weighted by Crippen LogP contribution is 2.78. The van der Waals surface area contributed by atoms with Crippen molar-refractivity contribution in [2.75, 3.05) is 46.7 Å². The average Bonchev–Trinajstić information content (AvgIpc) is 0.675. The summed E-state index contributed by atoms with van der Waals surface area (Å²) in [6, 6.07) is 27.5. The zero-order chi connectivity index (χ0) is 79.6. The third kappa shape index (κ3) is 13.6. The lowest BCUT2D eigenvalue weighted by atomic mass is 9.34. The summed E-state index contributed by atoms with van der Waals surface area (Å²) in [6.07, 6.45) is 18.2. The van der Waals surface area contributed by atoms with Crippen LogP contribution in [0.5, 0.6) is 0 Å². The maximum Gasteiger partial charge on any atom is 0.310 e. The van der Waals surface area contributed by atoms with E-state index in [0.29, 0.717) is 90.5 Å². The van der Waals surface area contributed by atoms with Crippen molar-refractivity contribution in [3.63, 3.8) is 0 Å². The normalized spacial score (nSPS) is 40.0. The third-order valence-electron chi connectivity index (χ3n) is 35.6. The zero-order valence-corrected chi connectivity index (χ0v) is 73.4. The Morgan fingerprint density at radius 3 is 1.29 bits per heavy atom. The molecule has 3 aromatic carbocycles. The highest BCUT2D eigenvalue weighted by Gasteiger charge is 2.74. The van der Waals surface area contributed by atoms with Gasteiger partial charge in [0.15, 0.2) is 0 Å². The van der Waals surface area contributed by atoms with Crippen molar-refractivity contribution in [2.24, 2.45) is 142 Å². The highest BCUT2D eigenvalue weighted by atomic mass is 32.2. The second-order valence-corrected chi connectivity index (χ2v) is 44.4. The molecule has 109 heavy (non-hydrogen) atoms. The Balaban J connectivity index is 0.000000207. The van der Waals surface area contributed by atoms with Gasteiger partial charge in [-0.15, -0.1) is 0 Å². The number of rotatable bonds is 21. The fourth-order valence-electron chi connectivity index (χ4n) is 26.8. The quantitative estimate of drug-likeness (QED) is 0.0751. The fourth-order valence-corrected chi connectivity index (χ4v) is 28.4. The van der Waals surface area contributed by atoms with E-state index in [-0.39, 0.29) is 107 Å². The number of fused-ring (bicyclic) bond motifs is 6. The number of ether oxygens (including phenoxy) is 6. The van der Waals surface area contributed by atoms with Gasteiger partial charge in [0.05, 0.1) is 74.1 Å². The van der Waals surface area contributed by atoms with Crippen LogP contribution in [0.3, 0.4) is 0 Å². The van der Waals surface area contributed by atoms with E-state index in [1.807, 2.05) is 74.5 Å². The second kappa shape index (κ2) is 30.1. The highest BCUT2D eigenvalue weighted by molar-refractivity contribution is 7.89. The van der Waals surface area contributed by atoms with E-state index in [1.165, 1.54) is 12.8 Å². The van der Waals surface area contributed by atoms with E-state index in [0.717, 1.165) is 107 Å². The van der Waals surface area contributed by atoms with Crippen LogP contribution in [-0.2, 0) is 61.2 Å². The number of likely N-dealkylation sites (N-methyl/N-ethyl adjacent to an activating group) is 1. The Labute approximate surface area is 661 Å². The van der Waals surface area contributed by atoms with Gasteiger partial charge >= 0.3 is 11.9 Å². The number of carbonyl (C=O) groups is 2. The molecule has 3 aromatic rings. The van der Waals surface area contributed by atoms with Crippen LogP contribution in [0.1, 0.15) is 253 Å². The van der Waals surface area contributed by atoms with Crippen LogP contribution in [0, 0.1) is 149 Å². The minimum atomic E-state index is -3.76. The van der Waals surface area contributed by atoms with Crippen LogP contribution in [0.4, 0.5) is 0 Å². The lowest BCUT2D eigenvalue weighted by Crippen LogP contribution is -2.69. The van der Waals surface area contributed by atoms with Crippen LogP contribution >= 0.6 is 0 Å². The molecule has 8 aliphatic carbocycles. The molecule has 606 valence electrons. The van der Waals surface area contributed by atoms with Gasteiger partial charge in [0, 0.05) is 28.7 Å². The molecule has 10 aliphatic rings. The first-order valence-electron chi connectivity index (χ1n) is 43.2. The van der Waals surface area contributed by atoms with Gasteiger partial charge in [-0.2, -0.15) is 4.31 Å². The minimum Gasteiger partial charge on any atom is -0.461 e. The van der Waals surface area contributed by atoms with E-state index in [2.05, 4.69) is 177 Å². The van der Waals surface area contributed by atoms with Gasteiger partial charge < -0.3 is 28.4 Å². The number of carbonyl (C=O) groups excluding carboxylic acids is 2. The van der Waals surface area contributed by atoms with Crippen molar-refractivity contribution in [1.82, 2.24) is 4.31 Å². The Hall–Kier alpha value is -4.17. The van der Waals surface area contributed by atoms with E-state index in [9.17, 15) is 18.0 Å². The van der Waals surface area contributed by atoms with Crippen molar-refractivity contribution in [3.05, 3.63) is 125 Å². The number of allylic oxidation sites excluding steroid dienone is 2.